The molecule has 2 nitrogen and oxygen atoms in total. The zero-order valence-electron chi connectivity index (χ0n) is 12.9. The number of aliphatic hydroxyl groups is 1. The van der Waals surface area contributed by atoms with Crippen LogP contribution in [-0.2, 0) is 0 Å². The monoisotopic (exact) mass is 590 g/mol. The Morgan fingerprint density at radius 3 is 1.80 bits per heavy atom. The molecule has 25 heavy (non-hydrogen) atoms. The summed E-state index contributed by atoms with van der Waals surface area (Å²) in [7, 11) is 0. The molecular formula is C15H16F6IO2Sb. The van der Waals surface area contributed by atoms with E-state index in [-0.39, 0.29) is 25.9 Å². The second kappa shape index (κ2) is 10.5. The molecule has 2 aromatic carbocycles. The van der Waals surface area contributed by atoms with E-state index in [1.165, 1.54) is 7.14 Å². The molecule has 0 saturated carbocycles. The van der Waals surface area contributed by atoms with Gasteiger partial charge in [0.25, 0.3) is 0 Å². The summed E-state index contributed by atoms with van der Waals surface area (Å²) in [5.74, 6) is 0.816. The molecule has 0 aliphatic carbocycles. The van der Waals surface area contributed by atoms with Crippen LogP contribution in [0.25, 0.3) is 0 Å². The van der Waals surface area contributed by atoms with Gasteiger partial charge in [-0.1, -0.05) is 18.2 Å². The van der Waals surface area contributed by atoms with Gasteiger partial charge >= 0.3 is 55.6 Å². The average molecular weight is 591 g/mol. The van der Waals surface area contributed by atoms with Crippen molar-refractivity contribution in [2.75, 3.05) is 6.61 Å². The van der Waals surface area contributed by atoms with E-state index in [4.69, 9.17) is 9.84 Å². The molecule has 2 rings (SSSR count). The minimum absolute atomic E-state index is 0. The van der Waals surface area contributed by atoms with Gasteiger partial charge in [-0.25, -0.2) is 0 Å². The zero-order chi connectivity index (χ0) is 18.2. The third kappa shape index (κ3) is 15.3. The quantitative estimate of drug-likeness (QED) is 0.256. The molecule has 1 N–H and O–H groups in total. The van der Waals surface area contributed by atoms with E-state index >= 15 is 0 Å². The standard InChI is InChI=1S/C15H16IO2.6FH.Sb/c1-12(17)11-18-15-9-7-14(8-10-15)16-13-5-3-2-4-6-13;;;;;;;/h2-10,12,17H,11H2,1H3;6*1H;/q+1;;;;;;;+5/p-6. The van der Waals surface area contributed by atoms with Crippen molar-refractivity contribution in [2.45, 2.75) is 13.0 Å². The van der Waals surface area contributed by atoms with Crippen molar-refractivity contribution < 1.29 is 49.8 Å². The van der Waals surface area contributed by atoms with Crippen molar-refractivity contribution in [2.24, 2.45) is 0 Å². The summed E-state index contributed by atoms with van der Waals surface area (Å²) in [5, 5.41) is 9.14. The average Bonchev–Trinajstić information content (AvgIpc) is 2.45. The van der Waals surface area contributed by atoms with Gasteiger partial charge in [0.15, 0.2) is 7.14 Å². The Kier molecular flexibility index (Phi) is 10.2. The first-order chi connectivity index (χ1) is 11.0. The van der Waals surface area contributed by atoms with E-state index in [0.29, 0.717) is 6.61 Å². The van der Waals surface area contributed by atoms with E-state index < -0.39 is 26.4 Å². The van der Waals surface area contributed by atoms with Crippen molar-refractivity contribution in [3.05, 3.63) is 61.7 Å². The Morgan fingerprint density at radius 1 is 0.920 bits per heavy atom. The SMILES string of the molecule is CC(O)COc1ccc([I+]c2ccccc2)cc1.[F-].[F][Sb]([F])([F])([F])[F]. The van der Waals surface area contributed by atoms with Crippen molar-refractivity contribution in [1.29, 1.82) is 0 Å². The second-order valence-electron chi connectivity index (χ2n) is 4.64. The summed E-state index contributed by atoms with van der Waals surface area (Å²) in [4.78, 5) is 0. The van der Waals surface area contributed by atoms with Gasteiger partial charge in [-0.3, -0.25) is 0 Å². The second-order valence-corrected chi connectivity index (χ2v) is 11.3. The van der Waals surface area contributed by atoms with Crippen LogP contribution in [0.4, 0.5) is 14.1 Å². The fraction of sp³-hybridized carbons (Fsp3) is 0.200. The third-order valence-corrected chi connectivity index (χ3v) is 4.94. The molecule has 0 aliphatic rings. The van der Waals surface area contributed by atoms with Gasteiger partial charge in [-0.15, -0.1) is 0 Å². The summed E-state index contributed by atoms with van der Waals surface area (Å²) in [6, 6.07) is 18.7. The fourth-order valence-electron chi connectivity index (χ4n) is 1.41. The van der Waals surface area contributed by atoms with Crippen LogP contribution in [0.3, 0.4) is 0 Å². The predicted octanol–water partition coefficient (Wildman–Crippen LogP) is -1.70. The number of halogens is 7. The van der Waals surface area contributed by atoms with Gasteiger partial charge in [0.2, 0.25) is 0 Å². The number of rotatable bonds is 5. The van der Waals surface area contributed by atoms with Gasteiger partial charge in [0.05, 0.1) is 6.10 Å². The summed E-state index contributed by atoms with van der Waals surface area (Å²) >= 11 is -9.30. The maximum absolute atomic E-state index is 9.91. The Balaban J connectivity index is 0.000000715. The molecule has 0 amide bonds. The molecule has 1 atom stereocenters. The number of benzene rings is 2. The van der Waals surface area contributed by atoms with Crippen molar-refractivity contribution in [3.63, 3.8) is 0 Å². The van der Waals surface area contributed by atoms with Gasteiger partial charge in [0.1, 0.15) is 12.4 Å². The van der Waals surface area contributed by atoms with Crippen molar-refractivity contribution in [3.8, 4) is 5.75 Å². The third-order valence-electron chi connectivity index (χ3n) is 2.26. The van der Waals surface area contributed by atoms with Crippen LogP contribution in [0, 0.1) is 7.14 Å². The van der Waals surface area contributed by atoms with Crippen LogP contribution in [0.15, 0.2) is 54.6 Å². The van der Waals surface area contributed by atoms with Gasteiger partial charge in [0, 0.05) is 0 Å². The predicted molar refractivity (Wildman–Crippen MR) is 78.7 cm³/mol. The summed E-state index contributed by atoms with van der Waals surface area (Å²) in [6.07, 6.45) is -0.429. The first-order valence-corrected chi connectivity index (χ1v) is 13.7. The molecular weight excluding hydrogens is 575 g/mol. The first kappa shape index (κ1) is 24.3. The van der Waals surface area contributed by atoms with Gasteiger partial charge in [-0.2, -0.15) is 0 Å². The van der Waals surface area contributed by atoms with E-state index in [1.54, 1.807) is 6.92 Å². The van der Waals surface area contributed by atoms with Crippen LogP contribution in [0.5, 0.6) is 5.75 Å². The van der Waals surface area contributed by atoms with Crippen LogP contribution in [0.1, 0.15) is 6.92 Å². The summed E-state index contributed by atoms with van der Waals surface area (Å²) in [6.45, 7) is 2.06. The molecule has 0 heterocycles. The number of hydrogen-bond donors (Lipinski definition) is 1. The van der Waals surface area contributed by atoms with E-state index in [2.05, 4.69) is 36.4 Å². The Bertz CT molecular complexity index is 600. The molecule has 142 valence electrons. The minimum atomic E-state index is -9.19. The summed E-state index contributed by atoms with van der Waals surface area (Å²) < 4.78 is 57.8. The number of aliphatic hydroxyl groups excluding tert-OH is 1. The molecule has 0 bridgehead atoms. The molecule has 0 fully saturated rings. The topological polar surface area (TPSA) is 29.5 Å². The van der Waals surface area contributed by atoms with Crippen molar-refractivity contribution in [1.82, 2.24) is 0 Å². The first-order valence-electron chi connectivity index (χ1n) is 6.69. The Labute approximate surface area is 156 Å². The summed E-state index contributed by atoms with van der Waals surface area (Å²) in [5.41, 5.74) is 0. The van der Waals surface area contributed by atoms with Crippen LogP contribution in [0.2, 0.25) is 0 Å². The fourth-order valence-corrected chi connectivity index (χ4v) is 3.63. The van der Waals surface area contributed by atoms with Crippen molar-refractivity contribution >= 4 is 20.3 Å². The van der Waals surface area contributed by atoms with Crippen LogP contribution in [-0.4, -0.2) is 38.1 Å². The number of ether oxygens (including phenoxy) is 1. The Hall–Kier alpha value is -0.672. The van der Waals surface area contributed by atoms with Gasteiger partial charge < -0.3 is 14.5 Å². The normalized spacial score (nSPS) is 13.3. The molecule has 0 spiro atoms. The Morgan fingerprint density at radius 2 is 1.36 bits per heavy atom. The number of hydrogen-bond acceptors (Lipinski definition) is 2. The van der Waals surface area contributed by atoms with Crippen LogP contribution < -0.4 is 30.6 Å². The van der Waals surface area contributed by atoms with Crippen LogP contribution >= 0.6 is 0 Å². The maximum atomic E-state index is 9.91. The molecule has 0 aromatic heterocycles. The molecule has 2 aromatic rings. The van der Waals surface area contributed by atoms with E-state index in [1.807, 2.05) is 18.2 Å². The van der Waals surface area contributed by atoms with E-state index in [0.717, 1.165) is 5.75 Å². The molecule has 1 unspecified atom stereocenters. The molecule has 0 aliphatic heterocycles. The van der Waals surface area contributed by atoms with Gasteiger partial charge in [-0.05, 0) is 43.3 Å². The molecule has 10 heteroatoms. The molecule has 0 saturated heterocycles. The van der Waals surface area contributed by atoms with E-state index in [9.17, 15) is 14.1 Å². The molecule has 0 radical (unpaired) electrons. The zero-order valence-corrected chi connectivity index (χ0v) is 17.6.